The second kappa shape index (κ2) is 7.76. The summed E-state index contributed by atoms with van der Waals surface area (Å²) in [6, 6.07) is 16.9. The van der Waals surface area contributed by atoms with Gasteiger partial charge in [0.05, 0.1) is 12.6 Å². The highest BCUT2D eigenvalue weighted by Crippen LogP contribution is 2.20. The molecule has 6 heteroatoms. The van der Waals surface area contributed by atoms with Gasteiger partial charge in [-0.05, 0) is 36.4 Å². The molecule has 144 valence electrons. The third-order valence-electron chi connectivity index (χ3n) is 5.26. The number of hydrogen-bond donors (Lipinski definition) is 0. The van der Waals surface area contributed by atoms with Crippen LogP contribution >= 0.6 is 0 Å². The zero-order valence-electron chi connectivity index (χ0n) is 15.9. The first kappa shape index (κ1) is 18.1. The molecule has 0 aliphatic carbocycles. The molecule has 28 heavy (non-hydrogen) atoms. The summed E-state index contributed by atoms with van der Waals surface area (Å²) in [5.74, 6) is 0.911. The van der Waals surface area contributed by atoms with Gasteiger partial charge in [0.25, 0.3) is 0 Å². The number of fused-ring (bicyclic) bond motifs is 1. The predicted octanol–water partition coefficient (Wildman–Crippen LogP) is 2.36. The molecule has 1 aliphatic rings. The number of rotatable bonds is 4. The van der Waals surface area contributed by atoms with Crippen molar-refractivity contribution in [3.8, 4) is 5.75 Å². The minimum atomic E-state index is -0.0209. The number of carbonyl (C=O) groups excluding carboxylic acids is 1. The van der Waals surface area contributed by atoms with Gasteiger partial charge < -0.3 is 19.1 Å². The zero-order valence-corrected chi connectivity index (χ0v) is 15.9. The van der Waals surface area contributed by atoms with Crippen molar-refractivity contribution in [2.24, 2.45) is 0 Å². The van der Waals surface area contributed by atoms with Gasteiger partial charge in [-0.3, -0.25) is 9.59 Å². The second-order valence-corrected chi connectivity index (χ2v) is 6.89. The molecule has 6 nitrogen and oxygen atoms in total. The van der Waals surface area contributed by atoms with Gasteiger partial charge in [0, 0.05) is 49.5 Å². The van der Waals surface area contributed by atoms with Crippen LogP contribution in [-0.4, -0.2) is 48.7 Å². The number of anilines is 1. The molecule has 0 atom stereocenters. The minimum Gasteiger partial charge on any atom is -0.497 e. The lowest BCUT2D eigenvalue weighted by atomic mass is 10.2. The number of aromatic nitrogens is 1. The number of hydrogen-bond acceptors (Lipinski definition) is 4. The SMILES string of the molecule is COc1ccc(N2CCN(C(=O)Cn3ccc(=O)c4ccccc43)CC2)cc1. The number of benzene rings is 2. The summed E-state index contributed by atoms with van der Waals surface area (Å²) in [6.07, 6.45) is 1.70. The van der Waals surface area contributed by atoms with Gasteiger partial charge in [0.15, 0.2) is 5.43 Å². The normalized spacial score (nSPS) is 14.3. The maximum atomic E-state index is 12.8. The summed E-state index contributed by atoms with van der Waals surface area (Å²) in [7, 11) is 1.66. The molecule has 0 radical (unpaired) electrons. The van der Waals surface area contributed by atoms with Crippen molar-refractivity contribution in [2.75, 3.05) is 38.2 Å². The van der Waals surface area contributed by atoms with Crippen molar-refractivity contribution in [3.05, 3.63) is 71.0 Å². The van der Waals surface area contributed by atoms with E-state index in [0.29, 0.717) is 18.5 Å². The number of amides is 1. The summed E-state index contributed by atoms with van der Waals surface area (Å²) in [5, 5.41) is 0.641. The molecule has 1 aliphatic heterocycles. The van der Waals surface area contributed by atoms with Crippen LogP contribution in [0.1, 0.15) is 0 Å². The van der Waals surface area contributed by atoms with Crippen LogP contribution in [0.3, 0.4) is 0 Å². The van der Waals surface area contributed by atoms with Gasteiger partial charge in [-0.25, -0.2) is 0 Å². The minimum absolute atomic E-state index is 0.0209. The Balaban J connectivity index is 1.42. The molecule has 0 saturated carbocycles. The quantitative estimate of drug-likeness (QED) is 0.700. The molecule has 1 amide bonds. The molecule has 1 fully saturated rings. The van der Waals surface area contributed by atoms with E-state index in [1.54, 1.807) is 19.4 Å². The summed E-state index contributed by atoms with van der Waals surface area (Å²) < 4.78 is 7.06. The first-order valence-electron chi connectivity index (χ1n) is 9.41. The third kappa shape index (κ3) is 3.58. The topological polar surface area (TPSA) is 54.8 Å². The monoisotopic (exact) mass is 377 g/mol. The van der Waals surface area contributed by atoms with Crippen LogP contribution in [0.15, 0.2) is 65.6 Å². The Bertz CT molecular complexity index is 1030. The fourth-order valence-electron chi connectivity index (χ4n) is 3.65. The smallest absolute Gasteiger partial charge is 0.242 e. The van der Waals surface area contributed by atoms with Gasteiger partial charge in [-0.1, -0.05) is 12.1 Å². The van der Waals surface area contributed by atoms with Crippen molar-refractivity contribution >= 4 is 22.5 Å². The summed E-state index contributed by atoms with van der Waals surface area (Å²) in [5.41, 5.74) is 1.91. The van der Waals surface area contributed by atoms with Crippen LogP contribution < -0.4 is 15.1 Å². The number of nitrogens with zero attached hydrogens (tertiary/aromatic N) is 3. The van der Waals surface area contributed by atoms with Crippen LogP contribution in [-0.2, 0) is 11.3 Å². The van der Waals surface area contributed by atoms with Crippen LogP contribution in [0.4, 0.5) is 5.69 Å². The number of ether oxygens (including phenoxy) is 1. The standard InChI is InChI=1S/C22H23N3O3/c1-28-18-8-6-17(7-9-18)23-12-14-24(15-13-23)22(27)16-25-11-10-21(26)19-4-2-3-5-20(19)25/h2-11H,12-16H2,1H3. The number of methoxy groups -OCH3 is 1. The van der Waals surface area contributed by atoms with E-state index in [2.05, 4.69) is 4.90 Å². The average molecular weight is 377 g/mol. The van der Waals surface area contributed by atoms with Crippen molar-refractivity contribution in [3.63, 3.8) is 0 Å². The molecule has 4 rings (SSSR count). The first-order chi connectivity index (χ1) is 13.7. The van der Waals surface area contributed by atoms with E-state index < -0.39 is 0 Å². The van der Waals surface area contributed by atoms with E-state index in [1.165, 1.54) is 6.07 Å². The van der Waals surface area contributed by atoms with Crippen LogP contribution in [0, 0.1) is 0 Å². The lowest BCUT2D eigenvalue weighted by Gasteiger charge is -2.36. The summed E-state index contributed by atoms with van der Waals surface area (Å²) >= 11 is 0. The maximum Gasteiger partial charge on any atom is 0.242 e. The highest BCUT2D eigenvalue weighted by Gasteiger charge is 2.21. The van der Waals surface area contributed by atoms with Crippen molar-refractivity contribution in [1.82, 2.24) is 9.47 Å². The van der Waals surface area contributed by atoms with Crippen LogP contribution in [0.25, 0.3) is 10.9 Å². The van der Waals surface area contributed by atoms with Gasteiger partial charge >= 0.3 is 0 Å². The fraction of sp³-hybridized carbons (Fsp3) is 0.273. The highest BCUT2D eigenvalue weighted by molar-refractivity contribution is 5.82. The van der Waals surface area contributed by atoms with Gasteiger partial charge in [-0.15, -0.1) is 0 Å². The van der Waals surface area contributed by atoms with E-state index in [-0.39, 0.29) is 17.9 Å². The second-order valence-electron chi connectivity index (χ2n) is 6.89. The molecule has 1 saturated heterocycles. The fourth-order valence-corrected chi connectivity index (χ4v) is 3.65. The number of pyridine rings is 1. The lowest BCUT2D eigenvalue weighted by Crippen LogP contribution is -2.49. The van der Waals surface area contributed by atoms with Crippen LogP contribution in [0.5, 0.6) is 5.75 Å². The Morgan fingerprint density at radius 2 is 1.68 bits per heavy atom. The highest BCUT2D eigenvalue weighted by atomic mass is 16.5. The van der Waals surface area contributed by atoms with Crippen molar-refractivity contribution in [1.29, 1.82) is 0 Å². The van der Waals surface area contributed by atoms with E-state index in [0.717, 1.165) is 30.0 Å². The average Bonchev–Trinajstić information content (AvgIpc) is 2.76. The number of para-hydroxylation sites is 1. The van der Waals surface area contributed by atoms with Crippen molar-refractivity contribution < 1.29 is 9.53 Å². The number of carbonyl (C=O) groups is 1. The Labute approximate surface area is 163 Å². The lowest BCUT2D eigenvalue weighted by molar-refractivity contribution is -0.132. The summed E-state index contributed by atoms with van der Waals surface area (Å²) in [6.45, 7) is 3.20. The largest absolute Gasteiger partial charge is 0.497 e. The molecule has 2 aromatic carbocycles. The van der Waals surface area contributed by atoms with E-state index >= 15 is 0 Å². The van der Waals surface area contributed by atoms with Gasteiger partial charge in [-0.2, -0.15) is 0 Å². The number of piperazine rings is 1. The van der Waals surface area contributed by atoms with E-state index in [9.17, 15) is 9.59 Å². The zero-order chi connectivity index (χ0) is 19.5. The third-order valence-corrected chi connectivity index (χ3v) is 5.26. The van der Waals surface area contributed by atoms with Crippen molar-refractivity contribution in [2.45, 2.75) is 6.54 Å². The molecular formula is C22H23N3O3. The van der Waals surface area contributed by atoms with E-state index in [4.69, 9.17) is 4.74 Å². The van der Waals surface area contributed by atoms with Gasteiger partial charge in [0.2, 0.25) is 5.91 Å². The van der Waals surface area contributed by atoms with Crippen LogP contribution in [0.2, 0.25) is 0 Å². The molecule has 1 aromatic heterocycles. The van der Waals surface area contributed by atoms with E-state index in [1.807, 2.05) is 51.9 Å². The summed E-state index contributed by atoms with van der Waals surface area (Å²) in [4.78, 5) is 29.0. The van der Waals surface area contributed by atoms with Gasteiger partial charge in [0.1, 0.15) is 12.3 Å². The molecule has 0 unspecified atom stereocenters. The first-order valence-corrected chi connectivity index (χ1v) is 9.41. The molecule has 2 heterocycles. The Morgan fingerprint density at radius 3 is 2.39 bits per heavy atom. The molecule has 3 aromatic rings. The molecule has 0 spiro atoms. The molecular weight excluding hydrogens is 354 g/mol. The molecule has 0 N–H and O–H groups in total. The maximum absolute atomic E-state index is 12.8. The molecule has 0 bridgehead atoms. The Hall–Kier alpha value is -3.28. The Kier molecular flexibility index (Phi) is 5.02. The predicted molar refractivity (Wildman–Crippen MR) is 110 cm³/mol. The Morgan fingerprint density at radius 1 is 0.964 bits per heavy atom.